The maximum absolute atomic E-state index is 12.4. The van der Waals surface area contributed by atoms with Crippen LogP contribution in [0.25, 0.3) is 10.9 Å². The molecule has 2 rings (SSSR count). The molecule has 0 radical (unpaired) electrons. The van der Waals surface area contributed by atoms with Crippen LogP contribution in [0.3, 0.4) is 0 Å². The van der Waals surface area contributed by atoms with Gasteiger partial charge in [-0.2, -0.15) is 0 Å². The second-order valence-electron chi connectivity index (χ2n) is 5.52. The molecule has 0 aliphatic carbocycles. The Labute approximate surface area is 126 Å². The highest BCUT2D eigenvalue weighted by atomic mass is 16.5. The number of aromatic nitrogens is 1. The number of hydrogen-bond acceptors (Lipinski definition) is 2. The molecule has 0 saturated heterocycles. The van der Waals surface area contributed by atoms with Gasteiger partial charge in [-0.15, -0.1) is 0 Å². The second-order valence-corrected chi connectivity index (χ2v) is 5.52. The summed E-state index contributed by atoms with van der Waals surface area (Å²) in [6, 6.07) is 8.29. The van der Waals surface area contributed by atoms with Crippen LogP contribution in [0.5, 0.6) is 0 Å². The van der Waals surface area contributed by atoms with Gasteiger partial charge in [0.15, 0.2) is 0 Å². The van der Waals surface area contributed by atoms with Gasteiger partial charge in [0.05, 0.1) is 12.5 Å². The molecule has 1 aromatic heterocycles. The van der Waals surface area contributed by atoms with E-state index in [9.17, 15) is 4.79 Å². The Morgan fingerprint density at radius 2 is 2.00 bits per heavy atom. The van der Waals surface area contributed by atoms with E-state index in [1.165, 1.54) is 10.9 Å². The van der Waals surface area contributed by atoms with Crippen LogP contribution >= 0.6 is 0 Å². The number of hydrogen-bond donors (Lipinski definition) is 0. The summed E-state index contributed by atoms with van der Waals surface area (Å²) in [6.07, 6.45) is 2.97. The standard InChI is InChI=1S/C18H25NO2/c1-5-7-10-15(18(20)21-6-2)17-13(3)19(4)16-12-9-8-11-14(16)17/h8-9,11-12,15H,5-7,10H2,1-4H3/t15-/m0/s1. The van der Waals surface area contributed by atoms with Gasteiger partial charge in [0.25, 0.3) is 0 Å². The molecule has 0 fully saturated rings. The fraction of sp³-hybridized carbons (Fsp3) is 0.500. The third kappa shape index (κ3) is 2.97. The smallest absolute Gasteiger partial charge is 0.313 e. The summed E-state index contributed by atoms with van der Waals surface area (Å²) < 4.78 is 7.49. The van der Waals surface area contributed by atoms with Crippen molar-refractivity contribution in [1.82, 2.24) is 4.57 Å². The molecular weight excluding hydrogens is 262 g/mol. The Bertz CT molecular complexity index is 627. The van der Waals surface area contributed by atoms with E-state index in [0.29, 0.717) is 6.61 Å². The molecule has 2 aromatic rings. The molecule has 0 unspecified atom stereocenters. The molecule has 3 nitrogen and oxygen atoms in total. The Balaban J connectivity index is 2.53. The molecule has 0 N–H and O–H groups in total. The number of carbonyl (C=O) groups excluding carboxylic acids is 1. The lowest BCUT2D eigenvalue weighted by molar-refractivity contribution is -0.145. The number of carbonyl (C=O) groups is 1. The molecule has 0 bridgehead atoms. The lowest BCUT2D eigenvalue weighted by Gasteiger charge is -2.16. The van der Waals surface area contributed by atoms with E-state index in [1.54, 1.807) is 0 Å². The number of nitrogens with zero attached hydrogens (tertiary/aromatic N) is 1. The number of aryl methyl sites for hydroxylation is 1. The van der Waals surface area contributed by atoms with Crippen molar-refractivity contribution in [2.75, 3.05) is 6.61 Å². The van der Waals surface area contributed by atoms with Crippen LogP contribution in [-0.4, -0.2) is 17.1 Å². The molecule has 0 amide bonds. The molecule has 0 aliphatic rings. The molecule has 0 aliphatic heterocycles. The maximum Gasteiger partial charge on any atom is 0.313 e. The first kappa shape index (κ1) is 15.6. The van der Waals surface area contributed by atoms with Gasteiger partial charge in [-0.1, -0.05) is 38.0 Å². The van der Waals surface area contributed by atoms with E-state index in [-0.39, 0.29) is 11.9 Å². The third-order valence-corrected chi connectivity index (χ3v) is 4.21. The fourth-order valence-corrected chi connectivity index (χ4v) is 3.02. The third-order valence-electron chi connectivity index (χ3n) is 4.21. The lowest BCUT2D eigenvalue weighted by Crippen LogP contribution is -2.17. The number of unbranched alkanes of at least 4 members (excludes halogenated alkanes) is 1. The van der Waals surface area contributed by atoms with Gasteiger partial charge >= 0.3 is 5.97 Å². The summed E-state index contributed by atoms with van der Waals surface area (Å²) in [7, 11) is 2.06. The first-order chi connectivity index (χ1) is 10.1. The lowest BCUT2D eigenvalue weighted by atomic mass is 9.91. The summed E-state index contributed by atoms with van der Waals surface area (Å²) in [6.45, 7) is 6.54. The zero-order valence-electron chi connectivity index (χ0n) is 13.5. The van der Waals surface area contributed by atoms with E-state index in [0.717, 1.165) is 30.5 Å². The van der Waals surface area contributed by atoms with Crippen LogP contribution < -0.4 is 0 Å². The predicted molar refractivity (Wildman–Crippen MR) is 86.6 cm³/mol. The quantitative estimate of drug-likeness (QED) is 0.741. The Kier molecular flexibility index (Phi) is 5.05. The summed E-state index contributed by atoms with van der Waals surface area (Å²) in [4.78, 5) is 12.4. The minimum absolute atomic E-state index is 0.0922. The number of rotatable bonds is 6. The average molecular weight is 287 g/mol. The topological polar surface area (TPSA) is 31.2 Å². The summed E-state index contributed by atoms with van der Waals surface area (Å²) >= 11 is 0. The molecule has 0 saturated carbocycles. The van der Waals surface area contributed by atoms with E-state index >= 15 is 0 Å². The van der Waals surface area contributed by atoms with E-state index in [1.807, 2.05) is 19.1 Å². The maximum atomic E-state index is 12.4. The number of para-hydroxylation sites is 1. The highest BCUT2D eigenvalue weighted by molar-refractivity contribution is 5.91. The summed E-state index contributed by atoms with van der Waals surface area (Å²) in [5.74, 6) is -0.249. The highest BCUT2D eigenvalue weighted by Crippen LogP contribution is 2.34. The van der Waals surface area contributed by atoms with Gasteiger partial charge in [-0.05, 0) is 31.9 Å². The van der Waals surface area contributed by atoms with Gasteiger partial charge in [0, 0.05) is 23.6 Å². The molecule has 0 spiro atoms. The van der Waals surface area contributed by atoms with Crippen LogP contribution in [0.4, 0.5) is 0 Å². The van der Waals surface area contributed by atoms with Crippen LogP contribution in [0, 0.1) is 6.92 Å². The van der Waals surface area contributed by atoms with Crippen molar-refractivity contribution >= 4 is 16.9 Å². The van der Waals surface area contributed by atoms with Crippen molar-refractivity contribution in [1.29, 1.82) is 0 Å². The monoisotopic (exact) mass is 287 g/mol. The predicted octanol–water partition coefficient (Wildman–Crippen LogP) is 4.32. The zero-order chi connectivity index (χ0) is 15.4. The molecule has 114 valence electrons. The largest absolute Gasteiger partial charge is 0.466 e. The van der Waals surface area contributed by atoms with Gasteiger partial charge < -0.3 is 9.30 Å². The Morgan fingerprint density at radius 1 is 1.29 bits per heavy atom. The highest BCUT2D eigenvalue weighted by Gasteiger charge is 2.27. The minimum atomic E-state index is -0.156. The van der Waals surface area contributed by atoms with Crippen LogP contribution in [0.15, 0.2) is 24.3 Å². The fourth-order valence-electron chi connectivity index (χ4n) is 3.02. The minimum Gasteiger partial charge on any atom is -0.466 e. The number of esters is 1. The van der Waals surface area contributed by atoms with Crippen molar-refractivity contribution in [3.8, 4) is 0 Å². The van der Waals surface area contributed by atoms with Gasteiger partial charge in [0.1, 0.15) is 0 Å². The number of benzene rings is 1. The molecular formula is C18H25NO2. The molecule has 21 heavy (non-hydrogen) atoms. The van der Waals surface area contributed by atoms with E-state index in [4.69, 9.17) is 4.74 Å². The molecule has 1 aromatic carbocycles. The van der Waals surface area contributed by atoms with Gasteiger partial charge in [-0.3, -0.25) is 4.79 Å². The number of ether oxygens (including phenoxy) is 1. The molecule has 3 heteroatoms. The van der Waals surface area contributed by atoms with Crippen molar-refractivity contribution in [3.05, 3.63) is 35.5 Å². The Hall–Kier alpha value is -1.77. The van der Waals surface area contributed by atoms with Crippen LogP contribution in [0.2, 0.25) is 0 Å². The average Bonchev–Trinajstić information content (AvgIpc) is 2.73. The summed E-state index contributed by atoms with van der Waals surface area (Å²) in [5.41, 5.74) is 3.47. The SMILES string of the molecule is CCCC[C@H](C(=O)OCC)c1c(C)n(C)c2ccccc12. The van der Waals surface area contributed by atoms with Crippen molar-refractivity contribution in [2.24, 2.45) is 7.05 Å². The van der Waals surface area contributed by atoms with E-state index < -0.39 is 0 Å². The molecule has 1 heterocycles. The van der Waals surface area contributed by atoms with Crippen LogP contribution in [0.1, 0.15) is 50.3 Å². The number of fused-ring (bicyclic) bond motifs is 1. The van der Waals surface area contributed by atoms with Crippen LogP contribution in [-0.2, 0) is 16.6 Å². The van der Waals surface area contributed by atoms with Gasteiger partial charge in [0.2, 0.25) is 0 Å². The molecule has 1 atom stereocenters. The van der Waals surface area contributed by atoms with Crippen molar-refractivity contribution in [3.63, 3.8) is 0 Å². The van der Waals surface area contributed by atoms with Crippen molar-refractivity contribution in [2.45, 2.75) is 46.0 Å². The first-order valence-electron chi connectivity index (χ1n) is 7.82. The normalized spacial score (nSPS) is 12.6. The first-order valence-corrected chi connectivity index (χ1v) is 7.82. The Morgan fingerprint density at radius 3 is 2.67 bits per heavy atom. The zero-order valence-corrected chi connectivity index (χ0v) is 13.5. The van der Waals surface area contributed by atoms with E-state index in [2.05, 4.69) is 37.6 Å². The van der Waals surface area contributed by atoms with Crippen molar-refractivity contribution < 1.29 is 9.53 Å². The second kappa shape index (κ2) is 6.79. The summed E-state index contributed by atoms with van der Waals surface area (Å²) in [5, 5.41) is 1.17. The van der Waals surface area contributed by atoms with Gasteiger partial charge in [-0.25, -0.2) is 0 Å².